The van der Waals surface area contributed by atoms with Crippen molar-refractivity contribution < 1.29 is 9.13 Å². The van der Waals surface area contributed by atoms with E-state index in [0.29, 0.717) is 5.75 Å². The van der Waals surface area contributed by atoms with Gasteiger partial charge in [0, 0.05) is 0 Å². The Morgan fingerprint density at radius 1 is 1.46 bits per heavy atom. The minimum atomic E-state index is -0.438. The van der Waals surface area contributed by atoms with Gasteiger partial charge in [-0.05, 0) is 36.0 Å². The molecule has 0 aliphatic rings. The van der Waals surface area contributed by atoms with Crippen molar-refractivity contribution in [1.29, 1.82) is 0 Å². The fourth-order valence-electron chi connectivity index (χ4n) is 0.748. The molecule has 1 aromatic carbocycles. The molecular weight excluding hydrogens is 195 g/mol. The molecule has 3 N–H and O–H groups in total. The topological polar surface area (TPSA) is 47.3 Å². The van der Waals surface area contributed by atoms with E-state index in [-0.39, 0.29) is 12.4 Å². The molecule has 0 spiro atoms. The highest BCUT2D eigenvalue weighted by Gasteiger charge is 2.00. The molecule has 0 aliphatic heterocycles. The molecule has 0 saturated heterocycles. The van der Waals surface area contributed by atoms with Gasteiger partial charge in [-0.1, -0.05) is 0 Å². The minimum Gasteiger partial charge on any atom is -0.491 e. The number of halogens is 2. The number of nitrogens with two attached hydrogens (primary N) is 1. The average Bonchev–Trinajstić information content (AvgIpc) is 2.16. The molecule has 3 nitrogen and oxygen atoms in total. The van der Waals surface area contributed by atoms with E-state index in [4.69, 9.17) is 22.2 Å². The van der Waals surface area contributed by atoms with Crippen LogP contribution in [-0.4, -0.2) is 12.8 Å². The van der Waals surface area contributed by atoms with E-state index in [0.717, 1.165) is 0 Å². The summed E-state index contributed by atoms with van der Waals surface area (Å²) in [6.45, 7) is 0.231. The van der Waals surface area contributed by atoms with Gasteiger partial charge in [-0.15, -0.1) is 0 Å². The zero-order valence-corrected chi connectivity index (χ0v) is 7.59. The highest BCUT2D eigenvalue weighted by molar-refractivity contribution is 6.13. The van der Waals surface area contributed by atoms with Crippen molar-refractivity contribution in [3.05, 3.63) is 30.1 Å². The maximum Gasteiger partial charge on any atom is 0.123 e. The molecule has 0 fully saturated rings. The van der Waals surface area contributed by atoms with Gasteiger partial charge in [-0.3, -0.25) is 0 Å². The van der Waals surface area contributed by atoms with Gasteiger partial charge in [-0.25, -0.2) is 9.23 Å². The van der Waals surface area contributed by atoms with Crippen LogP contribution in [0.3, 0.4) is 0 Å². The largest absolute Gasteiger partial charge is 0.491 e. The van der Waals surface area contributed by atoms with Crippen LogP contribution in [0.2, 0.25) is 0 Å². The van der Waals surface area contributed by atoms with Crippen molar-refractivity contribution in [2.75, 3.05) is 6.61 Å². The van der Waals surface area contributed by atoms with Crippen molar-refractivity contribution in [2.45, 2.75) is 6.17 Å². The van der Waals surface area contributed by atoms with Crippen LogP contribution in [0.15, 0.2) is 24.3 Å². The number of hydrogen-bond acceptors (Lipinski definition) is 3. The van der Waals surface area contributed by atoms with E-state index < -0.39 is 6.17 Å². The highest BCUT2D eigenvalue weighted by Crippen LogP contribution is 2.10. The highest BCUT2D eigenvalue weighted by atomic mass is 35.5. The Hall–Kier alpha value is -0.840. The summed E-state index contributed by atoms with van der Waals surface area (Å²) in [6.07, 6.45) is -0.438. The first-order valence-electron chi connectivity index (χ1n) is 3.72. The molecule has 0 saturated carbocycles. The maximum atomic E-state index is 12.4. The molecule has 0 unspecified atom stereocenters. The molecule has 0 aromatic heterocycles. The van der Waals surface area contributed by atoms with E-state index in [2.05, 4.69) is 4.84 Å². The zero-order valence-electron chi connectivity index (χ0n) is 6.84. The fraction of sp³-hybridized carbons (Fsp3) is 0.250. The van der Waals surface area contributed by atoms with Crippen molar-refractivity contribution in [2.24, 2.45) is 5.73 Å². The van der Waals surface area contributed by atoms with E-state index in [1.165, 1.54) is 24.3 Å². The van der Waals surface area contributed by atoms with Gasteiger partial charge in [0.1, 0.15) is 24.3 Å². The second-order valence-electron chi connectivity index (χ2n) is 2.48. The molecule has 0 amide bonds. The summed E-state index contributed by atoms with van der Waals surface area (Å²) in [6, 6.07) is 5.68. The number of rotatable bonds is 4. The molecule has 1 atom stereocenters. The lowest BCUT2D eigenvalue weighted by molar-refractivity contribution is 0.283. The number of nitrogens with one attached hydrogen (secondary N) is 1. The van der Waals surface area contributed by atoms with E-state index in [1.54, 1.807) is 0 Å². The Kier molecular flexibility index (Phi) is 3.95. The van der Waals surface area contributed by atoms with Gasteiger partial charge < -0.3 is 10.5 Å². The summed E-state index contributed by atoms with van der Waals surface area (Å²) in [7, 11) is 0. The zero-order chi connectivity index (χ0) is 9.68. The molecular formula is C8H10ClFN2O. The summed E-state index contributed by atoms with van der Waals surface area (Å²) in [4.78, 5) is 2.30. The number of hydrogen-bond donors (Lipinski definition) is 2. The van der Waals surface area contributed by atoms with Gasteiger partial charge in [0.2, 0.25) is 0 Å². The Labute approximate surface area is 80.7 Å². The number of ether oxygens (including phenoxy) is 1. The van der Waals surface area contributed by atoms with E-state index >= 15 is 0 Å². The molecule has 0 aliphatic carbocycles. The summed E-state index contributed by atoms with van der Waals surface area (Å²) in [5.41, 5.74) is 5.41. The maximum absolute atomic E-state index is 12.4. The van der Waals surface area contributed by atoms with Gasteiger partial charge in [0.25, 0.3) is 0 Å². The van der Waals surface area contributed by atoms with Crippen LogP contribution in [0.1, 0.15) is 0 Å². The first kappa shape index (κ1) is 10.2. The van der Waals surface area contributed by atoms with Crippen molar-refractivity contribution in [3.63, 3.8) is 0 Å². The predicted molar refractivity (Wildman–Crippen MR) is 48.9 cm³/mol. The van der Waals surface area contributed by atoms with Crippen LogP contribution in [0.4, 0.5) is 4.39 Å². The van der Waals surface area contributed by atoms with Gasteiger partial charge in [0.15, 0.2) is 0 Å². The quantitative estimate of drug-likeness (QED) is 0.573. The van der Waals surface area contributed by atoms with Crippen LogP contribution in [-0.2, 0) is 0 Å². The van der Waals surface area contributed by atoms with Gasteiger partial charge in [-0.2, -0.15) is 0 Å². The first-order valence-corrected chi connectivity index (χ1v) is 4.10. The average molecular weight is 205 g/mol. The SMILES string of the molecule is N[C@H](COc1ccc(F)cc1)NCl. The molecule has 0 heterocycles. The van der Waals surface area contributed by atoms with Crippen LogP contribution < -0.4 is 15.3 Å². The molecule has 13 heavy (non-hydrogen) atoms. The second kappa shape index (κ2) is 5.01. The fourth-order valence-corrected chi connectivity index (χ4v) is 0.811. The summed E-state index contributed by atoms with van der Waals surface area (Å²) < 4.78 is 17.6. The van der Waals surface area contributed by atoms with E-state index in [9.17, 15) is 4.39 Å². The van der Waals surface area contributed by atoms with Crippen molar-refractivity contribution in [3.8, 4) is 5.75 Å². The normalized spacial score (nSPS) is 12.5. The lowest BCUT2D eigenvalue weighted by Gasteiger charge is -2.10. The first-order chi connectivity index (χ1) is 6.22. The van der Waals surface area contributed by atoms with Crippen LogP contribution in [0.25, 0.3) is 0 Å². The predicted octanol–water partition coefficient (Wildman–Crippen LogP) is 1.23. The Balaban J connectivity index is 2.41. The third-order valence-electron chi connectivity index (χ3n) is 1.38. The summed E-state index contributed by atoms with van der Waals surface area (Å²) in [5.74, 6) is 0.260. The van der Waals surface area contributed by atoms with E-state index in [1.807, 2.05) is 0 Å². The molecule has 1 aromatic rings. The lowest BCUT2D eigenvalue weighted by Crippen LogP contribution is -2.37. The third kappa shape index (κ3) is 3.59. The Morgan fingerprint density at radius 3 is 2.62 bits per heavy atom. The molecule has 0 bridgehead atoms. The second-order valence-corrected chi connectivity index (χ2v) is 2.70. The molecule has 0 radical (unpaired) electrons. The monoisotopic (exact) mass is 204 g/mol. The Morgan fingerprint density at radius 2 is 2.08 bits per heavy atom. The number of benzene rings is 1. The van der Waals surface area contributed by atoms with Crippen LogP contribution in [0, 0.1) is 5.82 Å². The molecule has 1 rings (SSSR count). The van der Waals surface area contributed by atoms with Crippen LogP contribution >= 0.6 is 11.8 Å². The van der Waals surface area contributed by atoms with Gasteiger partial charge >= 0.3 is 0 Å². The Bertz CT molecular complexity index is 255. The summed E-state index contributed by atoms with van der Waals surface area (Å²) >= 11 is 5.23. The van der Waals surface area contributed by atoms with Crippen LogP contribution in [0.5, 0.6) is 5.75 Å². The standard InChI is InChI=1S/C8H10ClFN2O/c9-12-8(11)5-13-7-3-1-6(10)2-4-7/h1-4,8,12H,5,11H2/t8-/m0/s1. The minimum absolute atomic E-state index is 0.231. The summed E-state index contributed by atoms with van der Waals surface area (Å²) in [5, 5.41) is 0. The molecule has 72 valence electrons. The van der Waals surface area contributed by atoms with Gasteiger partial charge in [0.05, 0.1) is 0 Å². The lowest BCUT2D eigenvalue weighted by atomic mass is 10.3. The third-order valence-corrected chi connectivity index (χ3v) is 1.66. The molecule has 5 heteroatoms. The van der Waals surface area contributed by atoms with Crippen molar-refractivity contribution >= 4 is 11.8 Å². The smallest absolute Gasteiger partial charge is 0.123 e. The van der Waals surface area contributed by atoms with Crippen molar-refractivity contribution in [1.82, 2.24) is 4.84 Å².